The molecule has 3 aliphatic heterocycles. The topological polar surface area (TPSA) is 80.7 Å². The molecule has 1 aromatic carbocycles. The number of para-hydroxylation sites is 1. The van der Waals surface area contributed by atoms with Gasteiger partial charge in [-0.2, -0.15) is 0 Å². The van der Waals surface area contributed by atoms with Crippen LogP contribution in [-0.4, -0.2) is 77.0 Å². The zero-order valence-electron chi connectivity index (χ0n) is 21.1. The van der Waals surface area contributed by atoms with Gasteiger partial charge < -0.3 is 20.2 Å². The van der Waals surface area contributed by atoms with Crippen LogP contribution in [0.5, 0.6) is 5.75 Å². The fourth-order valence-corrected chi connectivity index (χ4v) is 5.57. The maximum absolute atomic E-state index is 10.3. The SMILES string of the molecule is Oc1ccccc1-c1cc2c(nn1)NC[C@H]1CN(c3ccnc(C#CCN4CCCCCC4)c3)CCN21. The molecule has 0 radical (unpaired) electrons. The maximum Gasteiger partial charge on any atom is 0.172 e. The third-order valence-electron chi connectivity index (χ3n) is 7.58. The number of hydrogen-bond acceptors (Lipinski definition) is 8. The number of nitrogens with one attached hydrogen (secondary N) is 1. The van der Waals surface area contributed by atoms with Gasteiger partial charge in [0, 0.05) is 43.6 Å². The first-order chi connectivity index (χ1) is 18.2. The van der Waals surface area contributed by atoms with E-state index >= 15 is 0 Å². The average Bonchev–Trinajstić information content (AvgIpc) is 3.22. The lowest BCUT2D eigenvalue weighted by Crippen LogP contribution is -2.58. The fraction of sp³-hybridized carbons (Fsp3) is 0.414. The van der Waals surface area contributed by atoms with Crippen LogP contribution in [-0.2, 0) is 0 Å². The number of piperazine rings is 1. The summed E-state index contributed by atoms with van der Waals surface area (Å²) in [6.45, 7) is 6.62. The Morgan fingerprint density at radius 3 is 2.70 bits per heavy atom. The van der Waals surface area contributed by atoms with Gasteiger partial charge >= 0.3 is 0 Å². The molecule has 0 aliphatic carbocycles. The number of aromatic nitrogens is 3. The Morgan fingerprint density at radius 2 is 1.84 bits per heavy atom. The second-order valence-electron chi connectivity index (χ2n) is 10.0. The maximum atomic E-state index is 10.3. The summed E-state index contributed by atoms with van der Waals surface area (Å²) in [7, 11) is 0. The van der Waals surface area contributed by atoms with Crippen molar-refractivity contribution in [2.45, 2.75) is 31.7 Å². The molecule has 0 spiro atoms. The third kappa shape index (κ3) is 5.18. The average molecular weight is 496 g/mol. The molecule has 1 atom stereocenters. The lowest BCUT2D eigenvalue weighted by molar-refractivity contribution is 0.320. The van der Waals surface area contributed by atoms with E-state index in [1.54, 1.807) is 6.07 Å². The van der Waals surface area contributed by atoms with Crippen LogP contribution >= 0.6 is 0 Å². The number of hydrogen-bond donors (Lipinski definition) is 2. The van der Waals surface area contributed by atoms with Gasteiger partial charge in [0.25, 0.3) is 0 Å². The van der Waals surface area contributed by atoms with Crippen LogP contribution < -0.4 is 15.1 Å². The van der Waals surface area contributed by atoms with Crippen LogP contribution in [0.3, 0.4) is 0 Å². The summed E-state index contributed by atoms with van der Waals surface area (Å²) < 4.78 is 0. The quantitative estimate of drug-likeness (QED) is 0.534. The van der Waals surface area contributed by atoms with Gasteiger partial charge in [-0.3, -0.25) is 4.90 Å². The van der Waals surface area contributed by atoms with E-state index in [4.69, 9.17) is 0 Å². The van der Waals surface area contributed by atoms with Crippen LogP contribution in [0.4, 0.5) is 17.2 Å². The summed E-state index contributed by atoms with van der Waals surface area (Å²) in [4.78, 5) is 11.8. The van der Waals surface area contributed by atoms with Gasteiger partial charge in [0.1, 0.15) is 11.4 Å². The van der Waals surface area contributed by atoms with Crippen LogP contribution in [0.15, 0.2) is 48.7 Å². The van der Waals surface area contributed by atoms with Crippen molar-refractivity contribution in [3.8, 4) is 28.8 Å². The predicted molar refractivity (Wildman–Crippen MR) is 147 cm³/mol. The van der Waals surface area contributed by atoms with E-state index in [1.807, 2.05) is 30.5 Å². The first-order valence-corrected chi connectivity index (χ1v) is 13.3. The van der Waals surface area contributed by atoms with E-state index in [0.717, 1.165) is 63.0 Å². The highest BCUT2D eigenvalue weighted by Crippen LogP contribution is 2.36. The first-order valence-electron chi connectivity index (χ1n) is 13.3. The van der Waals surface area contributed by atoms with Crippen LogP contribution in [0.1, 0.15) is 31.4 Å². The Labute approximate surface area is 218 Å². The summed E-state index contributed by atoms with van der Waals surface area (Å²) in [5.74, 6) is 7.67. The number of aromatic hydroxyl groups is 1. The van der Waals surface area contributed by atoms with Crippen molar-refractivity contribution in [1.29, 1.82) is 0 Å². The van der Waals surface area contributed by atoms with Crippen LogP contribution in [0, 0.1) is 11.8 Å². The van der Waals surface area contributed by atoms with E-state index in [2.05, 4.69) is 59.2 Å². The second-order valence-corrected chi connectivity index (χ2v) is 10.0. The molecular weight excluding hydrogens is 462 g/mol. The van der Waals surface area contributed by atoms with Gasteiger partial charge in [0.2, 0.25) is 0 Å². The van der Waals surface area contributed by atoms with Crippen molar-refractivity contribution in [3.05, 3.63) is 54.4 Å². The van der Waals surface area contributed by atoms with Gasteiger partial charge in [-0.05, 0) is 62.2 Å². The number of pyridine rings is 1. The summed E-state index contributed by atoms with van der Waals surface area (Å²) in [5, 5.41) is 22.5. The van der Waals surface area contributed by atoms with Gasteiger partial charge in [0.15, 0.2) is 5.82 Å². The minimum absolute atomic E-state index is 0.213. The number of benzene rings is 1. The third-order valence-corrected chi connectivity index (χ3v) is 7.58. The summed E-state index contributed by atoms with van der Waals surface area (Å²) in [5.41, 5.74) is 4.42. The molecule has 0 unspecified atom stereocenters. The number of rotatable bonds is 3. The number of anilines is 3. The van der Waals surface area contributed by atoms with Crippen molar-refractivity contribution in [1.82, 2.24) is 20.1 Å². The fourth-order valence-electron chi connectivity index (χ4n) is 5.57. The molecule has 3 aliphatic rings. The van der Waals surface area contributed by atoms with Crippen molar-refractivity contribution < 1.29 is 5.11 Å². The highest BCUT2D eigenvalue weighted by Gasteiger charge is 2.33. The highest BCUT2D eigenvalue weighted by atomic mass is 16.3. The number of phenolic OH excluding ortho intramolecular Hbond substituents is 1. The lowest BCUT2D eigenvalue weighted by atomic mass is 10.1. The molecule has 3 aromatic rings. The Hall–Kier alpha value is -3.83. The largest absolute Gasteiger partial charge is 0.507 e. The Kier molecular flexibility index (Phi) is 6.78. The number of nitrogens with zero attached hydrogens (tertiary/aromatic N) is 6. The molecule has 8 heteroatoms. The van der Waals surface area contributed by atoms with E-state index in [1.165, 1.54) is 31.4 Å². The molecule has 0 amide bonds. The first kappa shape index (κ1) is 23.6. The molecule has 8 nitrogen and oxygen atoms in total. The molecule has 0 saturated carbocycles. The molecule has 2 N–H and O–H groups in total. The van der Waals surface area contributed by atoms with Gasteiger partial charge in [0.05, 0.1) is 24.0 Å². The van der Waals surface area contributed by atoms with E-state index in [-0.39, 0.29) is 5.75 Å². The summed E-state index contributed by atoms with van der Waals surface area (Å²) >= 11 is 0. The number of likely N-dealkylation sites (tertiary alicyclic amines) is 1. The lowest BCUT2D eigenvalue weighted by Gasteiger charge is -2.46. The zero-order chi connectivity index (χ0) is 25.0. The summed E-state index contributed by atoms with van der Waals surface area (Å²) in [6, 6.07) is 13.8. The Bertz CT molecular complexity index is 1310. The van der Waals surface area contributed by atoms with Crippen molar-refractivity contribution in [3.63, 3.8) is 0 Å². The molecule has 190 valence electrons. The van der Waals surface area contributed by atoms with Gasteiger partial charge in [-0.25, -0.2) is 4.98 Å². The van der Waals surface area contributed by atoms with Crippen molar-refractivity contribution in [2.24, 2.45) is 0 Å². The molecule has 2 fully saturated rings. The van der Waals surface area contributed by atoms with Crippen LogP contribution in [0.2, 0.25) is 0 Å². The summed E-state index contributed by atoms with van der Waals surface area (Å²) in [6.07, 6.45) is 7.12. The highest BCUT2D eigenvalue weighted by molar-refractivity contribution is 5.77. The molecule has 2 aromatic heterocycles. The molecule has 37 heavy (non-hydrogen) atoms. The Morgan fingerprint density at radius 1 is 0.973 bits per heavy atom. The van der Waals surface area contributed by atoms with Gasteiger partial charge in [-0.1, -0.05) is 30.9 Å². The normalized spacial score (nSPS) is 19.6. The van der Waals surface area contributed by atoms with Crippen LogP contribution in [0.25, 0.3) is 11.3 Å². The predicted octanol–water partition coefficient (Wildman–Crippen LogP) is 3.59. The van der Waals surface area contributed by atoms with E-state index in [9.17, 15) is 5.11 Å². The van der Waals surface area contributed by atoms with E-state index < -0.39 is 0 Å². The molecule has 2 saturated heterocycles. The molecule has 5 heterocycles. The number of fused-ring (bicyclic) bond motifs is 3. The van der Waals surface area contributed by atoms with E-state index in [0.29, 0.717) is 17.3 Å². The zero-order valence-corrected chi connectivity index (χ0v) is 21.1. The van der Waals surface area contributed by atoms with Crippen molar-refractivity contribution in [2.75, 3.05) is 60.9 Å². The molecule has 6 rings (SSSR count). The monoisotopic (exact) mass is 495 g/mol. The Balaban J connectivity index is 1.15. The standard InChI is InChI=1S/C29H33N7O/c37-28-10-4-3-9-25(28)26-19-27-29(33-32-26)31-20-24-21-35(16-17-36(24)27)23-11-12-30-22(18-23)8-7-15-34-13-5-1-2-6-14-34/h3-4,9-12,18-19,24,37H,1-2,5-6,13-17,20-21H2,(H,31,33)/t24-/m0/s1. The molecular formula is C29H33N7O. The smallest absolute Gasteiger partial charge is 0.172 e. The van der Waals surface area contributed by atoms with Crippen molar-refractivity contribution >= 4 is 17.2 Å². The minimum atomic E-state index is 0.213. The minimum Gasteiger partial charge on any atom is -0.507 e. The molecule has 0 bridgehead atoms. The second kappa shape index (κ2) is 10.7. The number of phenols is 1. The van der Waals surface area contributed by atoms with Gasteiger partial charge in [-0.15, -0.1) is 10.2 Å².